The SMILES string of the molecule is Cc1cc2on(C)c(=O)c2cc1Nc1ncc2c(n1)n(C1CCSC1)c(=O)n2C. The van der Waals surface area contributed by atoms with Gasteiger partial charge in [0.05, 0.1) is 17.6 Å². The Morgan fingerprint density at radius 2 is 2.10 bits per heavy atom. The lowest BCUT2D eigenvalue weighted by Gasteiger charge is -2.11. The van der Waals surface area contributed by atoms with E-state index in [1.165, 1.54) is 4.74 Å². The molecule has 0 radical (unpaired) electrons. The number of thioether (sulfide) groups is 1. The Balaban J connectivity index is 1.61. The fraction of sp³-hybridized carbons (Fsp3) is 0.368. The molecule has 29 heavy (non-hydrogen) atoms. The quantitative estimate of drug-likeness (QED) is 0.551. The van der Waals surface area contributed by atoms with Crippen LogP contribution in [0.25, 0.3) is 22.1 Å². The smallest absolute Gasteiger partial charge is 0.330 e. The van der Waals surface area contributed by atoms with Gasteiger partial charge >= 0.3 is 5.69 Å². The van der Waals surface area contributed by atoms with Crippen LogP contribution in [0.15, 0.2) is 32.4 Å². The summed E-state index contributed by atoms with van der Waals surface area (Å²) in [5, 5.41) is 3.68. The van der Waals surface area contributed by atoms with E-state index in [1.807, 2.05) is 24.8 Å². The summed E-state index contributed by atoms with van der Waals surface area (Å²) in [4.78, 5) is 34.0. The Labute approximate surface area is 169 Å². The number of nitrogens with zero attached hydrogens (tertiary/aromatic N) is 5. The van der Waals surface area contributed by atoms with E-state index in [0.717, 1.165) is 29.2 Å². The number of anilines is 2. The molecule has 5 rings (SSSR count). The van der Waals surface area contributed by atoms with Crippen LogP contribution in [0.2, 0.25) is 0 Å². The fourth-order valence-corrected chi connectivity index (χ4v) is 4.98. The van der Waals surface area contributed by atoms with Crippen molar-refractivity contribution >= 4 is 45.5 Å². The molecule has 0 spiro atoms. The number of aromatic nitrogens is 5. The Morgan fingerprint density at radius 3 is 2.86 bits per heavy atom. The highest BCUT2D eigenvalue weighted by Crippen LogP contribution is 2.30. The van der Waals surface area contributed by atoms with Gasteiger partial charge in [0.25, 0.3) is 5.56 Å². The van der Waals surface area contributed by atoms with Gasteiger partial charge in [0, 0.05) is 25.5 Å². The minimum atomic E-state index is -0.199. The molecule has 0 amide bonds. The molecule has 1 atom stereocenters. The average Bonchev–Trinajstić information content (AvgIpc) is 3.37. The first-order chi connectivity index (χ1) is 13.9. The Morgan fingerprint density at radius 1 is 1.28 bits per heavy atom. The van der Waals surface area contributed by atoms with E-state index in [2.05, 4.69) is 15.3 Å². The number of aryl methyl sites for hydroxylation is 3. The van der Waals surface area contributed by atoms with E-state index < -0.39 is 0 Å². The second-order valence-electron chi connectivity index (χ2n) is 7.31. The lowest BCUT2D eigenvalue weighted by Crippen LogP contribution is -2.26. The molecule has 1 N–H and O–H groups in total. The molecule has 4 heterocycles. The van der Waals surface area contributed by atoms with Gasteiger partial charge in [-0.1, -0.05) is 0 Å². The van der Waals surface area contributed by atoms with Gasteiger partial charge in [-0.15, -0.1) is 0 Å². The van der Waals surface area contributed by atoms with Crippen molar-refractivity contribution in [3.63, 3.8) is 0 Å². The van der Waals surface area contributed by atoms with Gasteiger partial charge in [0.15, 0.2) is 11.2 Å². The van der Waals surface area contributed by atoms with Crippen LogP contribution < -0.4 is 16.6 Å². The predicted octanol–water partition coefficient (Wildman–Crippen LogP) is 2.30. The number of imidazole rings is 1. The van der Waals surface area contributed by atoms with Crippen LogP contribution in [0, 0.1) is 6.92 Å². The van der Waals surface area contributed by atoms with Crippen molar-refractivity contribution < 1.29 is 4.52 Å². The normalized spacial score (nSPS) is 16.9. The zero-order chi connectivity index (χ0) is 20.3. The number of fused-ring (bicyclic) bond motifs is 2. The molecular weight excluding hydrogens is 392 g/mol. The largest absolute Gasteiger partial charge is 0.376 e. The molecule has 150 valence electrons. The highest BCUT2D eigenvalue weighted by Gasteiger charge is 2.24. The summed E-state index contributed by atoms with van der Waals surface area (Å²) in [6.45, 7) is 1.92. The van der Waals surface area contributed by atoms with Gasteiger partial charge < -0.3 is 9.84 Å². The lowest BCUT2D eigenvalue weighted by molar-refractivity contribution is 0.324. The number of rotatable bonds is 3. The first-order valence-corrected chi connectivity index (χ1v) is 10.5. The first-order valence-electron chi connectivity index (χ1n) is 9.33. The van der Waals surface area contributed by atoms with Crippen LogP contribution in [0.5, 0.6) is 0 Å². The van der Waals surface area contributed by atoms with Crippen molar-refractivity contribution in [2.24, 2.45) is 14.1 Å². The van der Waals surface area contributed by atoms with Crippen molar-refractivity contribution in [3.05, 3.63) is 44.7 Å². The van der Waals surface area contributed by atoms with Crippen molar-refractivity contribution in [2.75, 3.05) is 16.8 Å². The van der Waals surface area contributed by atoms with Crippen molar-refractivity contribution in [2.45, 2.75) is 19.4 Å². The molecule has 1 saturated heterocycles. The monoisotopic (exact) mass is 412 g/mol. The third kappa shape index (κ3) is 2.78. The standard InChI is InChI=1S/C19H20N6O3S/c1-10-6-15-12(17(26)24(3)28-15)7-13(10)21-18-20-8-14-16(22-18)25(19(27)23(14)2)11-4-5-29-9-11/h6-8,11H,4-5,9H2,1-3H3,(H,20,21,22). The summed E-state index contributed by atoms with van der Waals surface area (Å²) in [5.41, 5.74) is 3.21. The molecule has 1 unspecified atom stereocenters. The number of hydrogen-bond acceptors (Lipinski definition) is 7. The minimum Gasteiger partial charge on any atom is -0.376 e. The highest BCUT2D eigenvalue weighted by molar-refractivity contribution is 7.99. The van der Waals surface area contributed by atoms with Gasteiger partial charge in [-0.05, 0) is 36.8 Å². The van der Waals surface area contributed by atoms with Crippen LogP contribution in [0.3, 0.4) is 0 Å². The van der Waals surface area contributed by atoms with E-state index in [4.69, 9.17) is 4.52 Å². The second-order valence-corrected chi connectivity index (χ2v) is 8.46. The van der Waals surface area contributed by atoms with Crippen molar-refractivity contribution in [3.8, 4) is 0 Å². The molecule has 0 saturated carbocycles. The fourth-order valence-electron chi connectivity index (χ4n) is 3.79. The van der Waals surface area contributed by atoms with E-state index in [9.17, 15) is 9.59 Å². The topological polar surface area (TPSA) is 99.9 Å². The van der Waals surface area contributed by atoms with Crippen molar-refractivity contribution in [1.82, 2.24) is 23.8 Å². The molecule has 0 aliphatic carbocycles. The molecule has 0 bridgehead atoms. The Hall–Kier alpha value is -3.01. The van der Waals surface area contributed by atoms with Gasteiger partial charge in [-0.25, -0.2) is 9.78 Å². The maximum atomic E-state index is 12.8. The predicted molar refractivity (Wildman–Crippen MR) is 113 cm³/mol. The molecule has 1 aliphatic rings. The summed E-state index contributed by atoms with van der Waals surface area (Å²) < 4.78 is 10.0. The molecule has 1 fully saturated rings. The van der Waals surface area contributed by atoms with Gasteiger partial charge in [0.2, 0.25) is 5.95 Å². The average molecular weight is 412 g/mol. The highest BCUT2D eigenvalue weighted by atomic mass is 32.2. The molecule has 4 aromatic rings. The van der Waals surface area contributed by atoms with Crippen LogP contribution in [-0.2, 0) is 14.1 Å². The Kier molecular flexibility index (Phi) is 4.05. The first kappa shape index (κ1) is 18.0. The van der Waals surface area contributed by atoms with E-state index >= 15 is 0 Å². The van der Waals surface area contributed by atoms with Gasteiger partial charge in [0.1, 0.15) is 5.52 Å². The van der Waals surface area contributed by atoms with Gasteiger partial charge in [-0.3, -0.25) is 13.9 Å². The molecule has 3 aromatic heterocycles. The molecule has 1 aliphatic heterocycles. The number of benzene rings is 1. The van der Waals surface area contributed by atoms with Crippen LogP contribution in [-0.4, -0.2) is 35.3 Å². The molecule has 10 heteroatoms. The third-order valence-corrected chi connectivity index (χ3v) is 6.57. The maximum absolute atomic E-state index is 12.8. The van der Waals surface area contributed by atoms with E-state index in [1.54, 1.807) is 35.5 Å². The van der Waals surface area contributed by atoms with E-state index in [0.29, 0.717) is 28.1 Å². The molecule has 9 nitrogen and oxygen atoms in total. The zero-order valence-electron chi connectivity index (χ0n) is 16.3. The van der Waals surface area contributed by atoms with Crippen LogP contribution in [0.1, 0.15) is 18.0 Å². The Bertz CT molecular complexity index is 1370. The van der Waals surface area contributed by atoms with Gasteiger partial charge in [-0.2, -0.15) is 21.5 Å². The molecular formula is C19H20N6O3S. The van der Waals surface area contributed by atoms with Crippen LogP contribution >= 0.6 is 11.8 Å². The zero-order valence-corrected chi connectivity index (χ0v) is 17.1. The van der Waals surface area contributed by atoms with Crippen molar-refractivity contribution in [1.29, 1.82) is 0 Å². The summed E-state index contributed by atoms with van der Waals surface area (Å²) in [5.74, 6) is 2.33. The summed E-state index contributed by atoms with van der Waals surface area (Å²) in [7, 11) is 3.32. The van der Waals surface area contributed by atoms with Crippen LogP contribution in [0.4, 0.5) is 11.6 Å². The van der Waals surface area contributed by atoms with E-state index in [-0.39, 0.29) is 17.3 Å². The number of hydrogen-bond donors (Lipinski definition) is 1. The summed E-state index contributed by atoms with van der Waals surface area (Å²) in [6, 6.07) is 3.70. The summed E-state index contributed by atoms with van der Waals surface area (Å²) >= 11 is 1.85. The lowest BCUT2D eigenvalue weighted by atomic mass is 10.1. The maximum Gasteiger partial charge on any atom is 0.330 e. The number of nitrogens with one attached hydrogen (secondary N) is 1. The second kappa shape index (κ2) is 6.51. The third-order valence-electron chi connectivity index (χ3n) is 5.43. The molecule has 1 aromatic carbocycles. The summed E-state index contributed by atoms with van der Waals surface area (Å²) in [6.07, 6.45) is 2.62. The minimum absolute atomic E-state index is 0.0709.